The molecule has 2 nitrogen and oxygen atoms in total. The molecule has 1 fully saturated rings. The highest BCUT2D eigenvalue weighted by Gasteiger charge is 2.19. The normalized spacial score (nSPS) is 19.3. The molecule has 94 valence electrons. The van der Waals surface area contributed by atoms with E-state index in [1.165, 1.54) is 6.42 Å². The Bertz CT molecular complexity index is 559. The SMILES string of the molecule is Cc1ccc(-c2nc(C3CCCN3)cs2)cc1F. The zero-order valence-corrected chi connectivity index (χ0v) is 11.1. The number of nitrogens with zero attached hydrogens (tertiary/aromatic N) is 1. The van der Waals surface area contributed by atoms with Gasteiger partial charge in [0.05, 0.1) is 11.7 Å². The van der Waals surface area contributed by atoms with Crippen LogP contribution >= 0.6 is 11.3 Å². The zero-order chi connectivity index (χ0) is 12.5. The Hall–Kier alpha value is -1.26. The quantitative estimate of drug-likeness (QED) is 0.893. The highest BCUT2D eigenvalue weighted by atomic mass is 32.1. The smallest absolute Gasteiger partial charge is 0.126 e. The number of rotatable bonds is 2. The molecule has 4 heteroatoms. The largest absolute Gasteiger partial charge is 0.309 e. The molecule has 0 saturated carbocycles. The van der Waals surface area contributed by atoms with Gasteiger partial charge < -0.3 is 5.32 Å². The maximum Gasteiger partial charge on any atom is 0.126 e. The van der Waals surface area contributed by atoms with Crippen molar-refractivity contribution in [3.05, 3.63) is 40.7 Å². The minimum absolute atomic E-state index is 0.164. The van der Waals surface area contributed by atoms with Crippen molar-refractivity contribution in [2.75, 3.05) is 6.54 Å². The molecule has 18 heavy (non-hydrogen) atoms. The Morgan fingerprint density at radius 2 is 2.33 bits per heavy atom. The number of aryl methyl sites for hydroxylation is 1. The first-order valence-corrected chi connectivity index (χ1v) is 7.07. The maximum atomic E-state index is 13.5. The first kappa shape index (κ1) is 11.8. The minimum atomic E-state index is -0.164. The van der Waals surface area contributed by atoms with Gasteiger partial charge in [-0.1, -0.05) is 12.1 Å². The summed E-state index contributed by atoms with van der Waals surface area (Å²) in [4.78, 5) is 4.62. The number of aromatic nitrogens is 1. The average molecular weight is 262 g/mol. The Labute approximate surface area is 110 Å². The Balaban J connectivity index is 1.89. The Kier molecular flexibility index (Phi) is 3.14. The van der Waals surface area contributed by atoms with Crippen LogP contribution in [0.4, 0.5) is 4.39 Å². The number of thiazole rings is 1. The van der Waals surface area contributed by atoms with E-state index >= 15 is 0 Å². The van der Waals surface area contributed by atoms with Crippen molar-refractivity contribution in [3.8, 4) is 10.6 Å². The molecular weight excluding hydrogens is 247 g/mol. The molecule has 2 heterocycles. The standard InChI is InChI=1S/C14H15FN2S/c1-9-4-5-10(7-11(9)15)14-17-13(8-18-14)12-3-2-6-16-12/h4-5,7-8,12,16H,2-3,6H2,1H3. The van der Waals surface area contributed by atoms with E-state index in [1.807, 2.05) is 6.07 Å². The molecule has 1 unspecified atom stereocenters. The van der Waals surface area contributed by atoms with Gasteiger partial charge in [0.15, 0.2) is 0 Å². The summed E-state index contributed by atoms with van der Waals surface area (Å²) in [5, 5.41) is 6.41. The zero-order valence-electron chi connectivity index (χ0n) is 10.2. The van der Waals surface area contributed by atoms with Crippen LogP contribution in [0, 0.1) is 12.7 Å². The van der Waals surface area contributed by atoms with Crippen molar-refractivity contribution in [3.63, 3.8) is 0 Å². The van der Waals surface area contributed by atoms with Crippen LogP contribution in [-0.4, -0.2) is 11.5 Å². The van der Waals surface area contributed by atoms with Gasteiger partial charge >= 0.3 is 0 Å². The monoisotopic (exact) mass is 262 g/mol. The highest BCUT2D eigenvalue weighted by Crippen LogP contribution is 2.30. The first-order chi connectivity index (χ1) is 8.74. The van der Waals surface area contributed by atoms with E-state index in [9.17, 15) is 4.39 Å². The minimum Gasteiger partial charge on any atom is -0.309 e. The molecule has 0 amide bonds. The molecule has 1 aromatic heterocycles. The van der Waals surface area contributed by atoms with Crippen molar-refractivity contribution in [2.24, 2.45) is 0 Å². The lowest BCUT2D eigenvalue weighted by molar-refractivity contribution is 0.619. The fourth-order valence-electron chi connectivity index (χ4n) is 2.24. The van der Waals surface area contributed by atoms with Gasteiger partial charge in [0.2, 0.25) is 0 Å². The molecule has 0 spiro atoms. The summed E-state index contributed by atoms with van der Waals surface area (Å²) >= 11 is 1.59. The van der Waals surface area contributed by atoms with E-state index in [0.717, 1.165) is 29.2 Å². The Morgan fingerprint density at radius 1 is 1.44 bits per heavy atom. The number of nitrogens with one attached hydrogen (secondary N) is 1. The third-order valence-electron chi connectivity index (χ3n) is 3.36. The van der Waals surface area contributed by atoms with Crippen LogP contribution in [0.5, 0.6) is 0 Å². The summed E-state index contributed by atoms with van der Waals surface area (Å²) < 4.78 is 13.5. The second kappa shape index (κ2) is 4.78. The molecule has 0 bridgehead atoms. The van der Waals surface area contributed by atoms with E-state index in [-0.39, 0.29) is 5.82 Å². The van der Waals surface area contributed by atoms with Gasteiger partial charge in [0, 0.05) is 10.9 Å². The van der Waals surface area contributed by atoms with Crippen LogP contribution in [0.15, 0.2) is 23.6 Å². The molecule has 0 aliphatic carbocycles. The third kappa shape index (κ3) is 2.18. The second-order valence-corrected chi connectivity index (χ2v) is 5.55. The number of benzene rings is 1. The first-order valence-electron chi connectivity index (χ1n) is 6.19. The van der Waals surface area contributed by atoms with Crippen molar-refractivity contribution < 1.29 is 4.39 Å². The van der Waals surface area contributed by atoms with Crippen molar-refractivity contribution in [1.29, 1.82) is 0 Å². The fourth-order valence-corrected chi connectivity index (χ4v) is 3.11. The predicted octanol–water partition coefficient (Wildman–Crippen LogP) is 3.68. The van der Waals surface area contributed by atoms with Crippen LogP contribution in [0.25, 0.3) is 10.6 Å². The lowest BCUT2D eigenvalue weighted by atomic mass is 10.1. The third-order valence-corrected chi connectivity index (χ3v) is 4.27. The Morgan fingerprint density at radius 3 is 3.06 bits per heavy atom. The number of hydrogen-bond donors (Lipinski definition) is 1. The molecule has 1 saturated heterocycles. The van der Waals surface area contributed by atoms with E-state index < -0.39 is 0 Å². The van der Waals surface area contributed by atoms with Gasteiger partial charge in [0.25, 0.3) is 0 Å². The van der Waals surface area contributed by atoms with E-state index in [1.54, 1.807) is 30.4 Å². The average Bonchev–Trinajstić information content (AvgIpc) is 3.01. The van der Waals surface area contributed by atoms with Gasteiger partial charge in [-0.05, 0) is 37.9 Å². The summed E-state index contributed by atoms with van der Waals surface area (Å²) in [6.45, 7) is 2.84. The maximum absolute atomic E-state index is 13.5. The van der Waals surface area contributed by atoms with Crippen molar-refractivity contribution in [2.45, 2.75) is 25.8 Å². The molecular formula is C14H15FN2S. The second-order valence-electron chi connectivity index (χ2n) is 4.69. The van der Waals surface area contributed by atoms with E-state index in [2.05, 4.69) is 15.7 Å². The lowest BCUT2D eigenvalue weighted by Gasteiger charge is -2.05. The van der Waals surface area contributed by atoms with Crippen LogP contribution in [0.2, 0.25) is 0 Å². The van der Waals surface area contributed by atoms with Crippen molar-refractivity contribution in [1.82, 2.24) is 10.3 Å². The molecule has 1 aromatic carbocycles. The summed E-state index contributed by atoms with van der Waals surface area (Å²) in [6.07, 6.45) is 2.35. The predicted molar refractivity (Wildman–Crippen MR) is 72.2 cm³/mol. The van der Waals surface area contributed by atoms with Crippen LogP contribution in [0.1, 0.15) is 30.1 Å². The lowest BCUT2D eigenvalue weighted by Crippen LogP contribution is -2.12. The number of halogens is 1. The fraction of sp³-hybridized carbons (Fsp3) is 0.357. The number of hydrogen-bond acceptors (Lipinski definition) is 3. The van der Waals surface area contributed by atoms with Gasteiger partial charge in [-0.15, -0.1) is 11.3 Å². The van der Waals surface area contributed by atoms with Gasteiger partial charge in [-0.2, -0.15) is 0 Å². The topological polar surface area (TPSA) is 24.9 Å². The summed E-state index contributed by atoms with van der Waals surface area (Å²) in [5.74, 6) is -0.164. The summed E-state index contributed by atoms with van der Waals surface area (Å²) in [7, 11) is 0. The van der Waals surface area contributed by atoms with Crippen molar-refractivity contribution >= 4 is 11.3 Å². The molecule has 2 aromatic rings. The van der Waals surface area contributed by atoms with Gasteiger partial charge in [-0.25, -0.2) is 9.37 Å². The molecule has 0 radical (unpaired) electrons. The van der Waals surface area contributed by atoms with Gasteiger partial charge in [-0.3, -0.25) is 0 Å². The van der Waals surface area contributed by atoms with Gasteiger partial charge in [0.1, 0.15) is 10.8 Å². The molecule has 1 atom stereocenters. The summed E-state index contributed by atoms with van der Waals surface area (Å²) in [6, 6.07) is 5.69. The summed E-state index contributed by atoms with van der Waals surface area (Å²) in [5.41, 5.74) is 2.63. The van der Waals surface area contributed by atoms with Crippen LogP contribution < -0.4 is 5.32 Å². The molecule has 3 rings (SSSR count). The van der Waals surface area contributed by atoms with E-state index in [4.69, 9.17) is 0 Å². The molecule has 1 N–H and O–H groups in total. The molecule has 1 aliphatic heterocycles. The van der Waals surface area contributed by atoms with Crippen LogP contribution in [-0.2, 0) is 0 Å². The van der Waals surface area contributed by atoms with Crippen LogP contribution in [0.3, 0.4) is 0 Å². The van der Waals surface area contributed by atoms with E-state index in [0.29, 0.717) is 11.6 Å². The molecule has 1 aliphatic rings. The highest BCUT2D eigenvalue weighted by molar-refractivity contribution is 7.13.